The summed E-state index contributed by atoms with van der Waals surface area (Å²) in [7, 11) is 0. The van der Waals surface area contributed by atoms with Crippen LogP contribution in [0.3, 0.4) is 0 Å². The van der Waals surface area contributed by atoms with Gasteiger partial charge in [-0.1, -0.05) is 35.9 Å². The van der Waals surface area contributed by atoms with Gasteiger partial charge in [0.15, 0.2) is 0 Å². The van der Waals surface area contributed by atoms with Crippen LogP contribution in [0.2, 0.25) is 5.02 Å². The number of piperazine rings is 1. The lowest BCUT2D eigenvalue weighted by Crippen LogP contribution is -2.48. The van der Waals surface area contributed by atoms with Crippen molar-refractivity contribution >= 4 is 52.2 Å². The lowest BCUT2D eigenvalue weighted by atomic mass is 10.1. The zero-order valence-corrected chi connectivity index (χ0v) is 21.3. The summed E-state index contributed by atoms with van der Waals surface area (Å²) in [6.45, 7) is 2.63. The van der Waals surface area contributed by atoms with Crippen LogP contribution in [0.15, 0.2) is 77.7 Å². The summed E-state index contributed by atoms with van der Waals surface area (Å²) in [6, 6.07) is 20.4. The molecule has 0 bridgehead atoms. The van der Waals surface area contributed by atoms with Gasteiger partial charge in [-0.3, -0.25) is 19.3 Å². The standard InChI is InChI=1S/C28H23ClFN3O3S/c29-22-3-1-2-20(16-22)18-33-27(35)25(37-28(33)36)17-19-4-6-21(7-5-19)26(34)32-14-12-31(13-15-32)24-10-8-23(30)9-11-24/h1-11,16-17H,12-15,18H2. The summed E-state index contributed by atoms with van der Waals surface area (Å²) in [5, 5.41) is 0.215. The average molecular weight is 536 g/mol. The molecule has 6 nitrogen and oxygen atoms in total. The molecule has 5 rings (SSSR count). The van der Waals surface area contributed by atoms with Crippen LogP contribution >= 0.6 is 23.4 Å². The van der Waals surface area contributed by atoms with Crippen molar-refractivity contribution in [2.24, 2.45) is 0 Å². The lowest BCUT2D eigenvalue weighted by molar-refractivity contribution is -0.123. The first-order valence-electron chi connectivity index (χ1n) is 11.8. The number of nitrogens with zero attached hydrogens (tertiary/aromatic N) is 3. The normalized spacial score (nSPS) is 17.1. The van der Waals surface area contributed by atoms with Gasteiger partial charge in [-0.15, -0.1) is 0 Å². The third-order valence-corrected chi connectivity index (χ3v) is 7.46. The maximum atomic E-state index is 13.2. The first-order valence-corrected chi connectivity index (χ1v) is 13.0. The molecule has 0 N–H and O–H groups in total. The molecule has 0 radical (unpaired) electrons. The molecule has 3 aromatic rings. The molecule has 2 aliphatic rings. The smallest absolute Gasteiger partial charge is 0.293 e. The molecule has 2 heterocycles. The minimum Gasteiger partial charge on any atom is -0.368 e. The number of halogens is 2. The van der Waals surface area contributed by atoms with Gasteiger partial charge in [0, 0.05) is 42.5 Å². The second-order valence-corrected chi connectivity index (χ2v) is 10.2. The van der Waals surface area contributed by atoms with Gasteiger partial charge in [0.05, 0.1) is 11.4 Å². The number of carbonyl (C=O) groups excluding carboxylic acids is 3. The quantitative estimate of drug-likeness (QED) is 0.393. The van der Waals surface area contributed by atoms with E-state index in [1.807, 2.05) is 6.07 Å². The lowest BCUT2D eigenvalue weighted by Gasteiger charge is -2.36. The Bertz CT molecular complexity index is 1370. The molecule has 0 atom stereocenters. The van der Waals surface area contributed by atoms with E-state index in [9.17, 15) is 18.8 Å². The average Bonchev–Trinajstić information content (AvgIpc) is 3.16. The third kappa shape index (κ3) is 5.70. The van der Waals surface area contributed by atoms with Crippen molar-refractivity contribution in [3.63, 3.8) is 0 Å². The molecule has 3 aromatic carbocycles. The number of rotatable bonds is 5. The van der Waals surface area contributed by atoms with Crippen molar-refractivity contribution in [3.8, 4) is 0 Å². The fourth-order valence-electron chi connectivity index (χ4n) is 4.33. The number of anilines is 1. The second kappa shape index (κ2) is 10.8. The minimum absolute atomic E-state index is 0.0628. The molecule has 2 saturated heterocycles. The van der Waals surface area contributed by atoms with Gasteiger partial charge in [-0.05, 0) is 77.5 Å². The Morgan fingerprint density at radius 3 is 2.32 bits per heavy atom. The number of amides is 3. The molecule has 3 amide bonds. The Kier molecular flexibility index (Phi) is 7.30. The van der Waals surface area contributed by atoms with Gasteiger partial charge >= 0.3 is 0 Å². The Labute approximate surface area is 223 Å². The summed E-state index contributed by atoms with van der Waals surface area (Å²) in [5.41, 5.74) is 3.00. The number of hydrogen-bond acceptors (Lipinski definition) is 5. The fourth-order valence-corrected chi connectivity index (χ4v) is 5.38. The zero-order chi connectivity index (χ0) is 25.9. The summed E-state index contributed by atoms with van der Waals surface area (Å²) < 4.78 is 13.2. The van der Waals surface area contributed by atoms with E-state index in [1.165, 1.54) is 17.0 Å². The molecule has 0 spiro atoms. The van der Waals surface area contributed by atoms with Crippen LogP contribution in [-0.4, -0.2) is 53.0 Å². The van der Waals surface area contributed by atoms with Crippen molar-refractivity contribution in [2.75, 3.05) is 31.1 Å². The third-order valence-electron chi connectivity index (χ3n) is 6.32. The number of hydrogen-bond donors (Lipinski definition) is 0. The van der Waals surface area contributed by atoms with Crippen LogP contribution in [0.25, 0.3) is 6.08 Å². The number of imide groups is 1. The van der Waals surface area contributed by atoms with Crippen LogP contribution in [0.4, 0.5) is 14.9 Å². The monoisotopic (exact) mass is 535 g/mol. The van der Waals surface area contributed by atoms with Crippen LogP contribution in [0.5, 0.6) is 0 Å². The van der Waals surface area contributed by atoms with Crippen LogP contribution in [0.1, 0.15) is 21.5 Å². The Morgan fingerprint density at radius 2 is 1.65 bits per heavy atom. The summed E-state index contributed by atoms with van der Waals surface area (Å²) in [5.74, 6) is -0.685. The summed E-state index contributed by atoms with van der Waals surface area (Å²) >= 11 is 6.91. The van der Waals surface area contributed by atoms with Crippen molar-refractivity contribution in [3.05, 3.63) is 105 Å². The predicted molar refractivity (Wildman–Crippen MR) is 144 cm³/mol. The first-order chi connectivity index (χ1) is 17.9. The van der Waals surface area contributed by atoms with Gasteiger partial charge in [0.2, 0.25) is 0 Å². The first kappa shape index (κ1) is 25.0. The molecule has 9 heteroatoms. The maximum Gasteiger partial charge on any atom is 0.293 e. The molecular formula is C28H23ClFN3O3S. The van der Waals surface area contributed by atoms with E-state index in [0.717, 1.165) is 28.6 Å². The SMILES string of the molecule is O=C(c1ccc(C=C2SC(=O)N(Cc3cccc(Cl)c3)C2=O)cc1)N1CCN(c2ccc(F)cc2)CC1. The van der Waals surface area contributed by atoms with Crippen molar-refractivity contribution in [1.82, 2.24) is 9.80 Å². The number of carbonyl (C=O) groups is 3. The number of thioether (sulfide) groups is 1. The largest absolute Gasteiger partial charge is 0.368 e. The van der Waals surface area contributed by atoms with Crippen LogP contribution in [0, 0.1) is 5.82 Å². The van der Waals surface area contributed by atoms with Crippen molar-refractivity contribution in [2.45, 2.75) is 6.54 Å². The van der Waals surface area contributed by atoms with E-state index in [2.05, 4.69) is 4.90 Å². The molecule has 2 fully saturated rings. The molecule has 0 aromatic heterocycles. The van der Waals surface area contributed by atoms with Gasteiger partial charge < -0.3 is 9.80 Å². The molecule has 2 aliphatic heterocycles. The molecule has 0 aliphatic carbocycles. The van der Waals surface area contributed by atoms with E-state index in [1.54, 1.807) is 65.6 Å². The highest BCUT2D eigenvalue weighted by molar-refractivity contribution is 8.18. The van der Waals surface area contributed by atoms with Gasteiger partial charge in [0.1, 0.15) is 5.82 Å². The van der Waals surface area contributed by atoms with Gasteiger partial charge in [0.25, 0.3) is 17.1 Å². The van der Waals surface area contributed by atoms with Gasteiger partial charge in [-0.2, -0.15) is 0 Å². The Hall–Kier alpha value is -3.62. The van der Waals surface area contributed by atoms with E-state index in [0.29, 0.717) is 41.7 Å². The van der Waals surface area contributed by atoms with E-state index >= 15 is 0 Å². The maximum absolute atomic E-state index is 13.2. The summed E-state index contributed by atoms with van der Waals surface area (Å²) in [4.78, 5) is 43.8. The molecule has 0 unspecified atom stereocenters. The fraction of sp³-hybridized carbons (Fsp3) is 0.179. The van der Waals surface area contributed by atoms with E-state index in [4.69, 9.17) is 11.6 Å². The highest BCUT2D eigenvalue weighted by Crippen LogP contribution is 2.33. The van der Waals surface area contributed by atoms with E-state index in [-0.39, 0.29) is 29.4 Å². The zero-order valence-electron chi connectivity index (χ0n) is 19.8. The van der Waals surface area contributed by atoms with Gasteiger partial charge in [-0.25, -0.2) is 4.39 Å². The molecule has 37 heavy (non-hydrogen) atoms. The van der Waals surface area contributed by atoms with E-state index < -0.39 is 0 Å². The Morgan fingerprint density at radius 1 is 0.946 bits per heavy atom. The minimum atomic E-state index is -0.353. The topological polar surface area (TPSA) is 60.9 Å². The molecule has 188 valence electrons. The Balaban J connectivity index is 1.20. The van der Waals surface area contributed by atoms with Crippen molar-refractivity contribution < 1.29 is 18.8 Å². The number of benzene rings is 3. The van der Waals surface area contributed by atoms with Crippen LogP contribution < -0.4 is 4.90 Å². The predicted octanol–water partition coefficient (Wildman–Crippen LogP) is 5.68. The highest BCUT2D eigenvalue weighted by Gasteiger charge is 2.35. The molecule has 0 saturated carbocycles. The molecular weight excluding hydrogens is 513 g/mol. The summed E-state index contributed by atoms with van der Waals surface area (Å²) in [6.07, 6.45) is 1.67. The highest BCUT2D eigenvalue weighted by atomic mass is 35.5. The van der Waals surface area contributed by atoms with Crippen LogP contribution in [-0.2, 0) is 11.3 Å². The van der Waals surface area contributed by atoms with Crippen molar-refractivity contribution in [1.29, 1.82) is 0 Å². The second-order valence-electron chi connectivity index (χ2n) is 8.78.